The minimum Gasteiger partial charge on any atom is -0.387 e. The van der Waals surface area contributed by atoms with Crippen molar-refractivity contribution in [1.82, 2.24) is 5.32 Å². The number of carbonyl (C=O) groups is 1. The van der Waals surface area contributed by atoms with Gasteiger partial charge in [0.2, 0.25) is 5.91 Å². The molecule has 0 aromatic rings. The van der Waals surface area contributed by atoms with Crippen molar-refractivity contribution in [2.75, 3.05) is 40.9 Å². The topological polar surface area (TPSA) is 105 Å². The summed E-state index contributed by atoms with van der Waals surface area (Å²) in [5.74, 6) is -0.186. The third-order valence-electron chi connectivity index (χ3n) is 14.3. The number of aliphatic hydroxyl groups is 1. The van der Waals surface area contributed by atoms with Gasteiger partial charge in [-0.3, -0.25) is 13.8 Å². The molecule has 0 rings (SSSR count). The van der Waals surface area contributed by atoms with Gasteiger partial charge in [0, 0.05) is 6.42 Å². The van der Waals surface area contributed by atoms with Crippen molar-refractivity contribution in [2.45, 2.75) is 321 Å². The maximum Gasteiger partial charge on any atom is 0.472 e. The zero-order valence-corrected chi connectivity index (χ0v) is 49.6. The second-order valence-corrected chi connectivity index (χ2v) is 24.2. The van der Waals surface area contributed by atoms with E-state index in [0.717, 1.165) is 44.9 Å². The quantitative estimate of drug-likeness (QED) is 0.0243. The van der Waals surface area contributed by atoms with E-state index in [9.17, 15) is 19.4 Å². The van der Waals surface area contributed by atoms with E-state index in [2.05, 4.69) is 43.5 Å². The number of carbonyl (C=O) groups excluding carboxylic acids is 1. The first-order valence-corrected chi connectivity index (χ1v) is 32.9. The summed E-state index contributed by atoms with van der Waals surface area (Å²) in [4.78, 5) is 23.3. The molecule has 3 N–H and O–H groups in total. The van der Waals surface area contributed by atoms with E-state index in [1.807, 2.05) is 27.2 Å². The Morgan fingerprint density at radius 2 is 0.764 bits per heavy atom. The van der Waals surface area contributed by atoms with Gasteiger partial charge in [0.1, 0.15) is 13.2 Å². The third-order valence-corrected chi connectivity index (χ3v) is 15.3. The molecule has 0 aromatic heterocycles. The zero-order valence-electron chi connectivity index (χ0n) is 48.7. The Labute approximate surface area is 448 Å². The van der Waals surface area contributed by atoms with E-state index in [1.54, 1.807) is 6.08 Å². The number of amides is 1. The summed E-state index contributed by atoms with van der Waals surface area (Å²) in [6.07, 6.45) is 71.4. The van der Waals surface area contributed by atoms with Crippen LogP contribution in [-0.4, -0.2) is 73.4 Å². The lowest BCUT2D eigenvalue weighted by Crippen LogP contribution is -2.45. The summed E-state index contributed by atoms with van der Waals surface area (Å²) in [6, 6.07) is -0.868. The first kappa shape index (κ1) is 70.7. The predicted octanol–water partition coefficient (Wildman–Crippen LogP) is 19.3. The van der Waals surface area contributed by atoms with Crippen LogP contribution >= 0.6 is 7.82 Å². The lowest BCUT2D eigenvalue weighted by Gasteiger charge is -2.25. The number of aliphatic hydroxyl groups excluding tert-OH is 1. The Morgan fingerprint density at radius 3 is 1.11 bits per heavy atom. The number of allylic oxidation sites excluding steroid dienone is 5. The van der Waals surface area contributed by atoms with Gasteiger partial charge in [-0.15, -0.1) is 0 Å². The fraction of sp³-hybridized carbons (Fsp3) is 0.889. The summed E-state index contributed by atoms with van der Waals surface area (Å²) in [5.41, 5.74) is 0. The largest absolute Gasteiger partial charge is 0.472 e. The molecule has 8 nitrogen and oxygen atoms in total. The number of phosphoric acid groups is 1. The minimum atomic E-state index is -4.36. The van der Waals surface area contributed by atoms with Crippen LogP contribution in [0.25, 0.3) is 0 Å². The molecule has 0 aliphatic carbocycles. The molecule has 9 heteroatoms. The average molecular weight is 1040 g/mol. The molecule has 0 saturated carbocycles. The van der Waals surface area contributed by atoms with Crippen LogP contribution in [0.1, 0.15) is 309 Å². The Kier molecular flexibility index (Phi) is 53.5. The van der Waals surface area contributed by atoms with Crippen molar-refractivity contribution in [2.24, 2.45) is 0 Å². The molecule has 1 amide bonds. The van der Waals surface area contributed by atoms with Crippen molar-refractivity contribution < 1.29 is 32.9 Å². The van der Waals surface area contributed by atoms with Crippen LogP contribution in [0, 0.1) is 0 Å². The highest BCUT2D eigenvalue weighted by Crippen LogP contribution is 2.43. The summed E-state index contributed by atoms with van der Waals surface area (Å²) in [6.45, 7) is 4.83. The molecule has 426 valence electrons. The number of likely N-dealkylation sites (N-methyl/N-ethyl adjacent to an activating group) is 1. The lowest BCUT2D eigenvalue weighted by molar-refractivity contribution is -0.870. The number of unbranched alkanes of at least 4 members (excludes halogenated alkanes) is 41. The van der Waals surface area contributed by atoms with Gasteiger partial charge in [-0.2, -0.15) is 0 Å². The molecular formula is C63H124N2O6P+. The van der Waals surface area contributed by atoms with Crippen molar-refractivity contribution in [3.05, 3.63) is 36.5 Å². The number of hydrogen-bond acceptors (Lipinski definition) is 5. The molecular weight excluding hydrogens is 912 g/mol. The van der Waals surface area contributed by atoms with Gasteiger partial charge in [-0.25, -0.2) is 4.57 Å². The van der Waals surface area contributed by atoms with Gasteiger partial charge in [0.15, 0.2) is 0 Å². The number of rotatable bonds is 58. The van der Waals surface area contributed by atoms with Gasteiger partial charge < -0.3 is 19.8 Å². The third kappa shape index (κ3) is 56.4. The standard InChI is InChI=1S/C63H123N2O6P/c1-6-8-10-12-14-16-18-20-22-24-26-27-28-29-30-31-32-33-34-35-36-37-38-39-40-42-44-46-48-50-52-54-56-62(66)61(60-71-72(68,69)70-59-58-65(3,4)5)64-63(67)57-55-53-51-49-47-45-43-41-25-23-21-19-17-15-13-11-9-7-2/h39-40,46,48,54,56,61-62,66H,6-38,41-45,47,49-53,55,57-60H2,1-5H3,(H-,64,67,68,69)/p+1/b40-39+,48-46+,56-54+. The first-order valence-electron chi connectivity index (χ1n) is 31.4. The van der Waals surface area contributed by atoms with Crippen LogP contribution in [-0.2, 0) is 18.4 Å². The Hall–Kier alpha value is -1.28. The van der Waals surface area contributed by atoms with E-state index < -0.39 is 20.0 Å². The summed E-state index contributed by atoms with van der Waals surface area (Å²) in [7, 11) is 1.56. The zero-order chi connectivity index (χ0) is 52.7. The van der Waals surface area contributed by atoms with E-state index in [-0.39, 0.29) is 19.1 Å². The van der Waals surface area contributed by atoms with Crippen molar-refractivity contribution in [1.29, 1.82) is 0 Å². The highest BCUT2D eigenvalue weighted by Gasteiger charge is 2.27. The number of phosphoric ester groups is 1. The number of nitrogens with one attached hydrogen (secondary N) is 1. The molecule has 0 heterocycles. The molecule has 0 fully saturated rings. The Bertz CT molecular complexity index is 1270. The van der Waals surface area contributed by atoms with Gasteiger partial charge >= 0.3 is 7.82 Å². The average Bonchev–Trinajstić information content (AvgIpc) is 3.34. The van der Waals surface area contributed by atoms with Crippen LogP contribution in [0.3, 0.4) is 0 Å². The van der Waals surface area contributed by atoms with Crippen molar-refractivity contribution in [3.63, 3.8) is 0 Å². The summed E-state index contributed by atoms with van der Waals surface area (Å²) in [5, 5.41) is 13.9. The molecule has 3 unspecified atom stereocenters. The molecule has 0 aliphatic heterocycles. The van der Waals surface area contributed by atoms with Gasteiger partial charge in [-0.1, -0.05) is 294 Å². The van der Waals surface area contributed by atoms with Gasteiger partial charge in [0.05, 0.1) is 39.9 Å². The monoisotopic (exact) mass is 1040 g/mol. The molecule has 0 aliphatic rings. The highest BCUT2D eigenvalue weighted by molar-refractivity contribution is 7.47. The lowest BCUT2D eigenvalue weighted by atomic mass is 10.0. The number of hydrogen-bond donors (Lipinski definition) is 3. The van der Waals surface area contributed by atoms with E-state index in [0.29, 0.717) is 17.4 Å². The Morgan fingerprint density at radius 1 is 0.458 bits per heavy atom. The Balaban J connectivity index is 4.15. The van der Waals surface area contributed by atoms with Gasteiger partial charge in [-0.05, 0) is 44.9 Å². The van der Waals surface area contributed by atoms with Crippen LogP contribution < -0.4 is 5.32 Å². The summed E-state index contributed by atoms with van der Waals surface area (Å²) < 4.78 is 23.7. The second-order valence-electron chi connectivity index (χ2n) is 22.8. The minimum absolute atomic E-state index is 0.0552. The van der Waals surface area contributed by atoms with Crippen LogP contribution in [0.4, 0.5) is 0 Å². The maximum atomic E-state index is 13.0. The molecule has 0 radical (unpaired) electrons. The highest BCUT2D eigenvalue weighted by atomic mass is 31.2. The maximum absolute atomic E-state index is 13.0. The van der Waals surface area contributed by atoms with Gasteiger partial charge in [0.25, 0.3) is 0 Å². The van der Waals surface area contributed by atoms with E-state index in [4.69, 9.17) is 9.05 Å². The molecule has 0 spiro atoms. The molecule has 72 heavy (non-hydrogen) atoms. The van der Waals surface area contributed by atoms with Crippen LogP contribution in [0.5, 0.6) is 0 Å². The summed E-state index contributed by atoms with van der Waals surface area (Å²) >= 11 is 0. The SMILES string of the molecule is CCCCCCCCCCCCCCCCCCCCCCCC/C=C/CC/C=C/CC/C=C/C(O)C(COP(=O)(O)OCC[N+](C)(C)C)NC(=O)CCCCCCCCCCCCCCCCCCCC. The first-order chi connectivity index (χ1) is 35.0. The molecule has 3 atom stereocenters. The molecule has 0 saturated heterocycles. The van der Waals surface area contributed by atoms with Crippen LogP contribution in [0.2, 0.25) is 0 Å². The van der Waals surface area contributed by atoms with Crippen molar-refractivity contribution >= 4 is 13.7 Å². The van der Waals surface area contributed by atoms with E-state index in [1.165, 1.54) is 244 Å². The number of quaternary nitrogens is 1. The fourth-order valence-electron chi connectivity index (χ4n) is 9.43. The molecule has 0 aromatic carbocycles. The van der Waals surface area contributed by atoms with Crippen LogP contribution in [0.15, 0.2) is 36.5 Å². The van der Waals surface area contributed by atoms with Crippen molar-refractivity contribution in [3.8, 4) is 0 Å². The number of nitrogens with zero attached hydrogens (tertiary/aromatic N) is 1. The fourth-order valence-corrected chi connectivity index (χ4v) is 10.2. The molecule has 0 bridgehead atoms. The predicted molar refractivity (Wildman–Crippen MR) is 314 cm³/mol. The van der Waals surface area contributed by atoms with E-state index >= 15 is 0 Å². The smallest absolute Gasteiger partial charge is 0.387 e. The second kappa shape index (κ2) is 54.5. The normalized spacial score (nSPS) is 14.0.